The van der Waals surface area contributed by atoms with Crippen molar-refractivity contribution in [2.75, 3.05) is 11.9 Å². The average Bonchev–Trinajstić information content (AvgIpc) is 3.54. The third-order valence-corrected chi connectivity index (χ3v) is 4.54. The zero-order valence-electron chi connectivity index (χ0n) is 16.9. The quantitative estimate of drug-likeness (QED) is 0.370. The molecule has 0 radical (unpaired) electrons. The fraction of sp³-hybridized carbons (Fsp3) is 0.273. The van der Waals surface area contributed by atoms with Crippen LogP contribution in [0.4, 0.5) is 5.69 Å². The summed E-state index contributed by atoms with van der Waals surface area (Å²) in [5.41, 5.74) is 5.87. The Morgan fingerprint density at radius 1 is 1.03 bits per heavy atom. The summed E-state index contributed by atoms with van der Waals surface area (Å²) >= 11 is 0. The summed E-state index contributed by atoms with van der Waals surface area (Å²) in [6, 6.07) is 12.6. The molecule has 8 nitrogen and oxygen atoms in total. The largest absolute Gasteiger partial charge is 0.484 e. The molecule has 8 heteroatoms. The molecule has 0 bridgehead atoms. The second-order valence-corrected chi connectivity index (χ2v) is 7.15. The monoisotopic (exact) mass is 408 g/mol. The number of nitrogens with zero attached hydrogens (tertiary/aromatic N) is 1. The number of nitrogens with one attached hydrogen (secondary N) is 3. The highest BCUT2D eigenvalue weighted by atomic mass is 16.5. The molecule has 3 amide bonds. The molecule has 30 heavy (non-hydrogen) atoms. The van der Waals surface area contributed by atoms with Crippen molar-refractivity contribution in [1.82, 2.24) is 10.7 Å². The lowest BCUT2D eigenvalue weighted by atomic mass is 10.1. The molecule has 2 aromatic rings. The van der Waals surface area contributed by atoms with Crippen LogP contribution in [0.2, 0.25) is 0 Å². The smallest absolute Gasteiger partial charge is 0.329 e. The van der Waals surface area contributed by atoms with E-state index in [2.05, 4.69) is 21.2 Å². The Hall–Kier alpha value is -3.68. The minimum atomic E-state index is -0.798. The Morgan fingerprint density at radius 3 is 2.43 bits per heavy atom. The first-order valence-electron chi connectivity index (χ1n) is 9.64. The highest BCUT2D eigenvalue weighted by Crippen LogP contribution is 2.18. The Balaban J connectivity index is 1.42. The zero-order chi connectivity index (χ0) is 21.5. The van der Waals surface area contributed by atoms with Crippen molar-refractivity contribution in [2.24, 2.45) is 5.10 Å². The number of carbonyl (C=O) groups is 3. The Morgan fingerprint density at radius 2 is 1.77 bits per heavy atom. The maximum Gasteiger partial charge on any atom is 0.329 e. The van der Waals surface area contributed by atoms with Crippen LogP contribution in [0.3, 0.4) is 0 Å². The van der Waals surface area contributed by atoms with Gasteiger partial charge in [-0.3, -0.25) is 14.4 Å². The van der Waals surface area contributed by atoms with Gasteiger partial charge in [-0.1, -0.05) is 6.07 Å². The molecule has 1 aliphatic carbocycles. The number of amides is 3. The molecule has 0 spiro atoms. The van der Waals surface area contributed by atoms with E-state index in [4.69, 9.17) is 4.74 Å². The molecule has 0 unspecified atom stereocenters. The summed E-state index contributed by atoms with van der Waals surface area (Å²) in [6.45, 7) is 3.88. The maximum atomic E-state index is 12.0. The van der Waals surface area contributed by atoms with E-state index in [0.717, 1.165) is 29.7 Å². The maximum absolute atomic E-state index is 12.0. The van der Waals surface area contributed by atoms with Crippen molar-refractivity contribution in [3.8, 4) is 5.75 Å². The number of benzene rings is 2. The fourth-order valence-corrected chi connectivity index (χ4v) is 2.51. The molecule has 156 valence electrons. The molecule has 0 heterocycles. The van der Waals surface area contributed by atoms with Gasteiger partial charge < -0.3 is 15.4 Å². The number of anilines is 1. The van der Waals surface area contributed by atoms with E-state index in [1.165, 1.54) is 6.21 Å². The van der Waals surface area contributed by atoms with Crippen molar-refractivity contribution in [2.45, 2.75) is 32.7 Å². The van der Waals surface area contributed by atoms with Gasteiger partial charge in [-0.2, -0.15) is 5.10 Å². The minimum Gasteiger partial charge on any atom is -0.484 e. The highest BCUT2D eigenvalue weighted by Gasteiger charge is 2.26. The summed E-state index contributed by atoms with van der Waals surface area (Å²) in [4.78, 5) is 35.1. The molecule has 0 aliphatic heterocycles. The third-order valence-electron chi connectivity index (χ3n) is 4.54. The van der Waals surface area contributed by atoms with Crippen LogP contribution in [-0.2, 0) is 14.4 Å². The Bertz CT molecular complexity index is 966. The van der Waals surface area contributed by atoms with Gasteiger partial charge in [0.25, 0.3) is 5.91 Å². The first-order valence-corrected chi connectivity index (χ1v) is 9.64. The van der Waals surface area contributed by atoms with Crippen LogP contribution in [0, 0.1) is 13.8 Å². The topological polar surface area (TPSA) is 109 Å². The Kier molecular flexibility index (Phi) is 6.79. The summed E-state index contributed by atoms with van der Waals surface area (Å²) in [5.74, 6) is -1.21. The van der Waals surface area contributed by atoms with Gasteiger partial charge in [0.15, 0.2) is 6.61 Å². The fourth-order valence-electron chi connectivity index (χ4n) is 2.51. The van der Waals surface area contributed by atoms with Crippen molar-refractivity contribution < 1.29 is 19.1 Å². The molecule has 0 aromatic heterocycles. The van der Waals surface area contributed by atoms with Gasteiger partial charge in [0, 0.05) is 11.7 Å². The number of hydrogen-bond donors (Lipinski definition) is 3. The van der Waals surface area contributed by atoms with Gasteiger partial charge in [-0.15, -0.1) is 0 Å². The Labute approximate surface area is 174 Å². The van der Waals surface area contributed by atoms with Crippen LogP contribution in [-0.4, -0.2) is 36.6 Å². The van der Waals surface area contributed by atoms with Gasteiger partial charge in [0.1, 0.15) is 5.75 Å². The normalized spacial score (nSPS) is 13.0. The second-order valence-electron chi connectivity index (χ2n) is 7.15. The number of hydrazone groups is 1. The zero-order valence-corrected chi connectivity index (χ0v) is 16.9. The first-order chi connectivity index (χ1) is 14.4. The first kappa shape index (κ1) is 21.0. The molecular weight excluding hydrogens is 384 g/mol. The summed E-state index contributed by atoms with van der Waals surface area (Å²) in [6.07, 6.45) is 3.23. The molecule has 3 rings (SSSR count). The van der Waals surface area contributed by atoms with Crippen LogP contribution < -0.4 is 20.8 Å². The van der Waals surface area contributed by atoms with Crippen LogP contribution in [0.15, 0.2) is 47.6 Å². The summed E-state index contributed by atoms with van der Waals surface area (Å²) in [5, 5.41) is 9.14. The lowest BCUT2D eigenvalue weighted by Gasteiger charge is -2.09. The van der Waals surface area contributed by atoms with Crippen molar-refractivity contribution >= 4 is 29.6 Å². The number of carbonyl (C=O) groups excluding carboxylic acids is 3. The van der Waals surface area contributed by atoms with Gasteiger partial charge in [0.05, 0.1) is 6.21 Å². The minimum absolute atomic E-state index is 0.114. The predicted molar refractivity (Wildman–Crippen MR) is 113 cm³/mol. The number of rotatable bonds is 7. The van der Waals surface area contributed by atoms with E-state index < -0.39 is 11.8 Å². The average molecular weight is 408 g/mol. The van der Waals surface area contributed by atoms with E-state index >= 15 is 0 Å². The molecule has 0 atom stereocenters. The van der Waals surface area contributed by atoms with Gasteiger partial charge in [-0.05, 0) is 79.8 Å². The van der Waals surface area contributed by atoms with E-state index in [0.29, 0.717) is 11.3 Å². The second kappa shape index (κ2) is 9.69. The number of aryl methyl sites for hydroxylation is 2. The standard InChI is InChI=1S/C22H24N4O4/c1-14-3-6-18(11-15(14)2)24-20(27)13-30-19-9-4-16(5-10-19)12-23-26-22(29)21(28)25-17-7-8-17/h3-6,9-12,17H,7-8,13H2,1-2H3,(H,24,27)(H,25,28)(H,26,29)/b23-12-. The summed E-state index contributed by atoms with van der Waals surface area (Å²) < 4.78 is 5.49. The van der Waals surface area contributed by atoms with E-state index in [-0.39, 0.29) is 18.6 Å². The van der Waals surface area contributed by atoms with Crippen molar-refractivity contribution in [3.63, 3.8) is 0 Å². The van der Waals surface area contributed by atoms with Crippen LogP contribution in [0.25, 0.3) is 0 Å². The van der Waals surface area contributed by atoms with Gasteiger partial charge in [-0.25, -0.2) is 5.43 Å². The van der Waals surface area contributed by atoms with Crippen molar-refractivity contribution in [3.05, 3.63) is 59.2 Å². The molecular formula is C22H24N4O4. The lowest BCUT2D eigenvalue weighted by molar-refractivity contribution is -0.139. The number of ether oxygens (including phenoxy) is 1. The molecule has 1 fully saturated rings. The van der Waals surface area contributed by atoms with Crippen LogP contribution >= 0.6 is 0 Å². The third kappa shape index (κ3) is 6.44. The molecule has 1 aliphatic rings. The predicted octanol–water partition coefficient (Wildman–Crippen LogP) is 2.05. The van der Waals surface area contributed by atoms with E-state index in [1.807, 2.05) is 32.0 Å². The molecule has 3 N–H and O–H groups in total. The lowest BCUT2D eigenvalue weighted by Crippen LogP contribution is -2.38. The van der Waals surface area contributed by atoms with Gasteiger partial charge in [0.2, 0.25) is 0 Å². The van der Waals surface area contributed by atoms with Crippen LogP contribution in [0.1, 0.15) is 29.5 Å². The molecule has 1 saturated carbocycles. The van der Waals surface area contributed by atoms with E-state index in [9.17, 15) is 14.4 Å². The van der Waals surface area contributed by atoms with E-state index in [1.54, 1.807) is 24.3 Å². The SMILES string of the molecule is Cc1ccc(NC(=O)COc2ccc(/C=N\NC(=O)C(=O)NC3CC3)cc2)cc1C. The van der Waals surface area contributed by atoms with Crippen LogP contribution in [0.5, 0.6) is 5.75 Å². The number of hydrogen-bond acceptors (Lipinski definition) is 5. The van der Waals surface area contributed by atoms with Crippen molar-refractivity contribution in [1.29, 1.82) is 0 Å². The van der Waals surface area contributed by atoms with Gasteiger partial charge >= 0.3 is 11.8 Å². The molecule has 0 saturated heterocycles. The summed E-state index contributed by atoms with van der Waals surface area (Å²) in [7, 11) is 0. The molecule has 2 aromatic carbocycles. The highest BCUT2D eigenvalue weighted by molar-refractivity contribution is 6.35.